The lowest BCUT2D eigenvalue weighted by molar-refractivity contribution is 0.282. The van der Waals surface area contributed by atoms with Crippen LogP contribution in [0.2, 0.25) is 0 Å². The summed E-state index contributed by atoms with van der Waals surface area (Å²) in [5, 5.41) is 7.44. The zero-order valence-electron chi connectivity index (χ0n) is 10.2. The molecule has 0 bridgehead atoms. The van der Waals surface area contributed by atoms with Gasteiger partial charge in [0.05, 0.1) is 0 Å². The number of aryl methyl sites for hydroxylation is 1. The topological polar surface area (TPSA) is 51.0 Å². The van der Waals surface area contributed by atoms with Gasteiger partial charge in [-0.2, -0.15) is 4.98 Å². The summed E-state index contributed by atoms with van der Waals surface area (Å²) < 4.78 is 5.24. The smallest absolute Gasteiger partial charge is 0.229 e. The van der Waals surface area contributed by atoms with Gasteiger partial charge in [0.1, 0.15) is 0 Å². The summed E-state index contributed by atoms with van der Waals surface area (Å²) >= 11 is 0. The highest BCUT2D eigenvalue weighted by atomic mass is 16.5. The summed E-state index contributed by atoms with van der Waals surface area (Å²) in [6.45, 7) is 5.22. The van der Waals surface area contributed by atoms with Gasteiger partial charge in [0.15, 0.2) is 5.82 Å². The van der Waals surface area contributed by atoms with E-state index in [2.05, 4.69) is 22.4 Å². The van der Waals surface area contributed by atoms with Crippen LogP contribution in [0, 0.1) is 6.92 Å². The second-order valence-electron chi connectivity index (χ2n) is 4.68. The van der Waals surface area contributed by atoms with Gasteiger partial charge in [-0.25, -0.2) is 0 Å². The van der Waals surface area contributed by atoms with E-state index in [1.165, 1.54) is 32.1 Å². The van der Waals surface area contributed by atoms with E-state index >= 15 is 0 Å². The van der Waals surface area contributed by atoms with Crippen molar-refractivity contribution in [2.24, 2.45) is 0 Å². The fraction of sp³-hybridized carbons (Fsp3) is 0.833. The van der Waals surface area contributed by atoms with E-state index in [9.17, 15) is 0 Å². The Morgan fingerprint density at radius 3 is 2.62 bits per heavy atom. The fourth-order valence-corrected chi connectivity index (χ4v) is 2.37. The van der Waals surface area contributed by atoms with Gasteiger partial charge in [0.2, 0.25) is 5.89 Å². The van der Waals surface area contributed by atoms with E-state index < -0.39 is 0 Å². The predicted molar refractivity (Wildman–Crippen MR) is 62.3 cm³/mol. The van der Waals surface area contributed by atoms with E-state index in [0.29, 0.717) is 12.0 Å². The van der Waals surface area contributed by atoms with Gasteiger partial charge in [-0.1, -0.05) is 12.1 Å². The van der Waals surface area contributed by atoms with E-state index in [1.807, 2.05) is 6.92 Å². The summed E-state index contributed by atoms with van der Waals surface area (Å²) in [7, 11) is 0. The molecule has 0 unspecified atom stereocenters. The first kappa shape index (κ1) is 11.6. The Balaban J connectivity index is 1.81. The Kier molecular flexibility index (Phi) is 3.93. The summed E-state index contributed by atoms with van der Waals surface area (Å²) in [6.07, 6.45) is 6.01. The molecule has 90 valence electrons. The molecule has 1 saturated carbocycles. The van der Waals surface area contributed by atoms with Crippen LogP contribution < -0.4 is 5.32 Å². The van der Waals surface area contributed by atoms with Crippen molar-refractivity contribution >= 4 is 0 Å². The number of nitrogens with one attached hydrogen (secondary N) is 1. The van der Waals surface area contributed by atoms with Crippen LogP contribution in [-0.2, 0) is 0 Å². The third-order valence-electron chi connectivity index (χ3n) is 3.30. The van der Waals surface area contributed by atoms with Gasteiger partial charge in [-0.05, 0) is 45.6 Å². The van der Waals surface area contributed by atoms with Crippen LogP contribution in [0.5, 0.6) is 0 Å². The maximum Gasteiger partial charge on any atom is 0.229 e. The molecule has 16 heavy (non-hydrogen) atoms. The van der Waals surface area contributed by atoms with Gasteiger partial charge >= 0.3 is 0 Å². The molecule has 0 aliphatic heterocycles. The van der Waals surface area contributed by atoms with Crippen molar-refractivity contribution in [3.63, 3.8) is 0 Å². The summed E-state index contributed by atoms with van der Waals surface area (Å²) in [6, 6.07) is 0.695. The lowest BCUT2D eigenvalue weighted by Crippen LogP contribution is -2.33. The molecule has 1 fully saturated rings. The van der Waals surface area contributed by atoms with Crippen LogP contribution in [0.4, 0.5) is 0 Å². The van der Waals surface area contributed by atoms with Crippen LogP contribution in [0.3, 0.4) is 0 Å². The molecule has 4 heteroatoms. The van der Waals surface area contributed by atoms with Crippen LogP contribution in [0.25, 0.3) is 0 Å². The zero-order chi connectivity index (χ0) is 11.4. The van der Waals surface area contributed by atoms with Crippen molar-refractivity contribution < 1.29 is 4.52 Å². The maximum absolute atomic E-state index is 5.24. The van der Waals surface area contributed by atoms with Gasteiger partial charge < -0.3 is 9.84 Å². The van der Waals surface area contributed by atoms with Gasteiger partial charge in [-0.3, -0.25) is 0 Å². The normalized spacial score (nSPS) is 25.9. The van der Waals surface area contributed by atoms with Gasteiger partial charge in [0, 0.05) is 12.0 Å². The first-order chi connectivity index (χ1) is 7.79. The molecule has 2 rings (SSSR count). The molecule has 1 aromatic rings. The average Bonchev–Trinajstić information content (AvgIpc) is 2.74. The molecule has 0 saturated heterocycles. The van der Waals surface area contributed by atoms with Crippen molar-refractivity contribution in [1.29, 1.82) is 0 Å². The third-order valence-corrected chi connectivity index (χ3v) is 3.30. The molecule has 1 N–H and O–H groups in total. The molecule has 0 aromatic carbocycles. The molecule has 1 heterocycles. The molecule has 0 amide bonds. The summed E-state index contributed by atoms with van der Waals surface area (Å²) in [5.74, 6) is 2.08. The van der Waals surface area contributed by atoms with Crippen molar-refractivity contribution in [3.8, 4) is 0 Å². The molecular formula is C12H21N3O. The summed E-state index contributed by atoms with van der Waals surface area (Å²) in [5.41, 5.74) is 0. The van der Waals surface area contributed by atoms with E-state index in [1.54, 1.807) is 0 Å². The third kappa shape index (κ3) is 2.82. The number of nitrogens with zero attached hydrogens (tertiary/aromatic N) is 2. The largest absolute Gasteiger partial charge is 0.339 e. The minimum Gasteiger partial charge on any atom is -0.339 e. The quantitative estimate of drug-likeness (QED) is 0.851. The molecule has 1 aliphatic rings. The minimum absolute atomic E-state index is 0.487. The lowest BCUT2D eigenvalue weighted by Gasteiger charge is -2.27. The SMILES string of the molecule is CCCNC1CCC(c2nc(C)no2)CC1. The van der Waals surface area contributed by atoms with Crippen LogP contribution in [-0.4, -0.2) is 22.7 Å². The highest BCUT2D eigenvalue weighted by Gasteiger charge is 2.25. The molecule has 0 atom stereocenters. The van der Waals surface area contributed by atoms with E-state index in [4.69, 9.17) is 4.52 Å². The average molecular weight is 223 g/mol. The Morgan fingerprint density at radius 2 is 2.06 bits per heavy atom. The van der Waals surface area contributed by atoms with Crippen LogP contribution >= 0.6 is 0 Å². The molecule has 1 aromatic heterocycles. The number of rotatable bonds is 4. The highest BCUT2D eigenvalue weighted by molar-refractivity contribution is 4.96. The second-order valence-corrected chi connectivity index (χ2v) is 4.68. The van der Waals surface area contributed by atoms with Crippen molar-refractivity contribution in [2.45, 2.75) is 57.9 Å². The van der Waals surface area contributed by atoms with Gasteiger partial charge in [-0.15, -0.1) is 0 Å². The van der Waals surface area contributed by atoms with Crippen LogP contribution in [0.15, 0.2) is 4.52 Å². The zero-order valence-corrected chi connectivity index (χ0v) is 10.2. The lowest BCUT2D eigenvalue weighted by atomic mass is 9.86. The molecule has 4 nitrogen and oxygen atoms in total. The van der Waals surface area contributed by atoms with E-state index in [-0.39, 0.29) is 0 Å². The number of hydrogen-bond acceptors (Lipinski definition) is 4. The number of hydrogen-bond donors (Lipinski definition) is 1. The first-order valence-electron chi connectivity index (χ1n) is 6.33. The van der Waals surface area contributed by atoms with Gasteiger partial charge in [0.25, 0.3) is 0 Å². The summed E-state index contributed by atoms with van der Waals surface area (Å²) in [4.78, 5) is 4.32. The van der Waals surface area contributed by atoms with Crippen LogP contribution in [0.1, 0.15) is 56.7 Å². The molecule has 0 radical (unpaired) electrons. The van der Waals surface area contributed by atoms with E-state index in [0.717, 1.165) is 18.3 Å². The molecule has 1 aliphatic carbocycles. The Labute approximate surface area is 96.8 Å². The standard InChI is InChI=1S/C12H21N3O/c1-3-8-13-11-6-4-10(5-7-11)12-14-9(2)15-16-12/h10-11,13H,3-8H2,1-2H3. The monoisotopic (exact) mass is 223 g/mol. The Bertz CT molecular complexity index is 316. The molecular weight excluding hydrogens is 202 g/mol. The molecule has 0 spiro atoms. The first-order valence-corrected chi connectivity index (χ1v) is 6.33. The predicted octanol–water partition coefficient (Wildman–Crippen LogP) is 2.40. The maximum atomic E-state index is 5.24. The Morgan fingerprint density at radius 1 is 1.31 bits per heavy atom. The van der Waals surface area contributed by atoms with Crippen molar-refractivity contribution in [2.75, 3.05) is 6.54 Å². The van der Waals surface area contributed by atoms with Crippen molar-refractivity contribution in [1.82, 2.24) is 15.5 Å². The highest BCUT2D eigenvalue weighted by Crippen LogP contribution is 2.31. The minimum atomic E-state index is 0.487. The second kappa shape index (κ2) is 5.43. The fourth-order valence-electron chi connectivity index (χ4n) is 2.37. The number of aromatic nitrogens is 2. The Hall–Kier alpha value is -0.900. The van der Waals surface area contributed by atoms with Crippen molar-refractivity contribution in [3.05, 3.63) is 11.7 Å².